The molecule has 0 aliphatic heterocycles. The number of rotatable bonds is 5. The fourth-order valence-corrected chi connectivity index (χ4v) is 2.37. The number of nitrogens with one attached hydrogen (secondary N) is 1. The maximum absolute atomic E-state index is 12.5. The first kappa shape index (κ1) is 15.0. The summed E-state index contributed by atoms with van der Waals surface area (Å²) in [5.41, 5.74) is 1.16. The van der Waals surface area contributed by atoms with E-state index in [1.54, 1.807) is 4.68 Å². The van der Waals surface area contributed by atoms with Crippen LogP contribution in [0.4, 0.5) is 0 Å². The van der Waals surface area contributed by atoms with Crippen LogP contribution in [0.3, 0.4) is 0 Å². The van der Waals surface area contributed by atoms with Crippen molar-refractivity contribution in [1.29, 1.82) is 0 Å². The van der Waals surface area contributed by atoms with Crippen LogP contribution in [-0.4, -0.2) is 31.8 Å². The Morgan fingerprint density at radius 1 is 1.26 bits per heavy atom. The normalized spacial score (nSPS) is 10.8. The van der Waals surface area contributed by atoms with E-state index >= 15 is 0 Å². The first-order chi connectivity index (χ1) is 11.2. The molecular formula is C16H17N5O2. The quantitative estimate of drug-likeness (QED) is 0.765. The molecule has 0 saturated carbocycles. The van der Waals surface area contributed by atoms with Crippen LogP contribution in [0.25, 0.3) is 16.7 Å². The van der Waals surface area contributed by atoms with Gasteiger partial charge in [-0.2, -0.15) is 5.10 Å². The monoisotopic (exact) mass is 311 g/mol. The molecule has 3 aromatic rings. The molecule has 118 valence electrons. The van der Waals surface area contributed by atoms with E-state index in [4.69, 9.17) is 0 Å². The number of hydrogen-bond donors (Lipinski definition) is 1. The van der Waals surface area contributed by atoms with Gasteiger partial charge in [0.15, 0.2) is 5.65 Å². The third-order valence-electron chi connectivity index (χ3n) is 3.51. The van der Waals surface area contributed by atoms with Gasteiger partial charge in [0.05, 0.1) is 18.2 Å². The number of aromatic nitrogens is 4. The molecule has 2 aromatic heterocycles. The van der Waals surface area contributed by atoms with Gasteiger partial charge >= 0.3 is 0 Å². The first-order valence-corrected chi connectivity index (χ1v) is 7.46. The molecule has 3 rings (SSSR count). The summed E-state index contributed by atoms with van der Waals surface area (Å²) in [6.45, 7) is 2.73. The zero-order valence-electron chi connectivity index (χ0n) is 12.8. The number of fused-ring (bicyclic) bond motifs is 1. The van der Waals surface area contributed by atoms with Crippen LogP contribution in [-0.2, 0) is 11.3 Å². The molecule has 1 N–H and O–H groups in total. The standard InChI is InChI=1S/C16H17N5O2/c1-2-17-14(22)8-9-20-11-18-15-13(16(20)23)10-19-21(15)12-6-4-3-5-7-12/h3-7,10-11H,2,8-9H2,1H3,(H,17,22). The van der Waals surface area contributed by atoms with Gasteiger partial charge in [0.25, 0.3) is 5.56 Å². The number of carbonyl (C=O) groups excluding carboxylic acids is 1. The van der Waals surface area contributed by atoms with E-state index in [0.29, 0.717) is 24.1 Å². The fourth-order valence-electron chi connectivity index (χ4n) is 2.37. The smallest absolute Gasteiger partial charge is 0.264 e. The van der Waals surface area contributed by atoms with Crippen molar-refractivity contribution >= 4 is 16.9 Å². The van der Waals surface area contributed by atoms with Crippen LogP contribution in [0.1, 0.15) is 13.3 Å². The van der Waals surface area contributed by atoms with Gasteiger partial charge in [0.1, 0.15) is 5.39 Å². The number of carbonyl (C=O) groups is 1. The molecule has 0 bridgehead atoms. The SMILES string of the molecule is CCNC(=O)CCn1cnc2c(cnn2-c2ccccc2)c1=O. The highest BCUT2D eigenvalue weighted by Gasteiger charge is 2.11. The highest BCUT2D eigenvalue weighted by Crippen LogP contribution is 2.12. The van der Waals surface area contributed by atoms with Gasteiger partial charge in [-0.3, -0.25) is 14.2 Å². The first-order valence-electron chi connectivity index (χ1n) is 7.46. The maximum Gasteiger partial charge on any atom is 0.264 e. The van der Waals surface area contributed by atoms with Crippen molar-refractivity contribution in [2.24, 2.45) is 0 Å². The molecule has 1 amide bonds. The Morgan fingerprint density at radius 3 is 2.78 bits per heavy atom. The van der Waals surface area contributed by atoms with Crippen molar-refractivity contribution in [1.82, 2.24) is 24.6 Å². The topological polar surface area (TPSA) is 81.8 Å². The predicted octanol–water partition coefficient (Wildman–Crippen LogP) is 1.11. The molecule has 0 fully saturated rings. The van der Waals surface area contributed by atoms with Gasteiger partial charge in [-0.05, 0) is 19.1 Å². The van der Waals surface area contributed by atoms with Crippen molar-refractivity contribution in [2.45, 2.75) is 19.9 Å². The minimum Gasteiger partial charge on any atom is -0.356 e. The van der Waals surface area contributed by atoms with Gasteiger partial charge in [-0.1, -0.05) is 18.2 Å². The van der Waals surface area contributed by atoms with Gasteiger partial charge in [-0.15, -0.1) is 0 Å². The number of nitrogens with zero attached hydrogens (tertiary/aromatic N) is 4. The molecule has 0 spiro atoms. The summed E-state index contributed by atoms with van der Waals surface area (Å²) in [7, 11) is 0. The maximum atomic E-state index is 12.5. The van der Waals surface area contributed by atoms with Gasteiger partial charge in [0.2, 0.25) is 5.91 Å². The Bertz CT molecular complexity index is 882. The Balaban J connectivity index is 1.92. The molecule has 7 heteroatoms. The van der Waals surface area contributed by atoms with E-state index in [9.17, 15) is 9.59 Å². The van der Waals surface area contributed by atoms with Crippen LogP contribution in [0.15, 0.2) is 47.7 Å². The van der Waals surface area contributed by atoms with Crippen molar-refractivity contribution < 1.29 is 4.79 Å². The van der Waals surface area contributed by atoms with Gasteiger partial charge < -0.3 is 5.32 Å². The number of amides is 1. The van der Waals surface area contributed by atoms with Crippen molar-refractivity contribution in [3.63, 3.8) is 0 Å². The Hall–Kier alpha value is -2.96. The van der Waals surface area contributed by atoms with E-state index < -0.39 is 0 Å². The second kappa shape index (κ2) is 6.43. The highest BCUT2D eigenvalue weighted by atomic mass is 16.1. The minimum absolute atomic E-state index is 0.0838. The lowest BCUT2D eigenvalue weighted by atomic mass is 10.3. The second-order valence-electron chi connectivity index (χ2n) is 5.08. The van der Waals surface area contributed by atoms with E-state index in [1.807, 2.05) is 37.3 Å². The molecule has 0 aliphatic rings. The van der Waals surface area contributed by atoms with Crippen molar-refractivity contribution in [3.8, 4) is 5.69 Å². The lowest BCUT2D eigenvalue weighted by Crippen LogP contribution is -2.27. The third kappa shape index (κ3) is 2.98. The summed E-state index contributed by atoms with van der Waals surface area (Å²) in [6.07, 6.45) is 3.22. The van der Waals surface area contributed by atoms with E-state index in [2.05, 4.69) is 15.4 Å². The number of para-hydroxylation sites is 1. The van der Waals surface area contributed by atoms with E-state index in [-0.39, 0.29) is 17.9 Å². The highest BCUT2D eigenvalue weighted by molar-refractivity contribution is 5.76. The lowest BCUT2D eigenvalue weighted by Gasteiger charge is -2.06. The number of benzene rings is 1. The Kier molecular flexibility index (Phi) is 4.18. The molecule has 23 heavy (non-hydrogen) atoms. The molecule has 1 aromatic carbocycles. The fraction of sp³-hybridized carbons (Fsp3) is 0.250. The molecule has 0 unspecified atom stereocenters. The number of hydrogen-bond acceptors (Lipinski definition) is 4. The number of aryl methyl sites for hydroxylation is 1. The zero-order valence-corrected chi connectivity index (χ0v) is 12.8. The van der Waals surface area contributed by atoms with Crippen LogP contribution < -0.4 is 10.9 Å². The molecule has 2 heterocycles. The zero-order chi connectivity index (χ0) is 16.2. The molecule has 0 aliphatic carbocycles. The van der Waals surface area contributed by atoms with E-state index in [0.717, 1.165) is 5.69 Å². The lowest BCUT2D eigenvalue weighted by molar-refractivity contribution is -0.121. The van der Waals surface area contributed by atoms with Gasteiger partial charge in [-0.25, -0.2) is 9.67 Å². The van der Waals surface area contributed by atoms with Gasteiger partial charge in [0, 0.05) is 19.5 Å². The molecule has 0 radical (unpaired) electrons. The van der Waals surface area contributed by atoms with Crippen LogP contribution in [0.5, 0.6) is 0 Å². The van der Waals surface area contributed by atoms with Crippen LogP contribution in [0.2, 0.25) is 0 Å². The van der Waals surface area contributed by atoms with Crippen molar-refractivity contribution in [2.75, 3.05) is 6.54 Å². The largest absolute Gasteiger partial charge is 0.356 e. The average molecular weight is 311 g/mol. The summed E-state index contributed by atoms with van der Waals surface area (Å²) in [5, 5.41) is 7.40. The molecule has 7 nitrogen and oxygen atoms in total. The van der Waals surface area contributed by atoms with E-state index in [1.165, 1.54) is 17.1 Å². The predicted molar refractivity (Wildman–Crippen MR) is 86.4 cm³/mol. The Morgan fingerprint density at radius 2 is 2.04 bits per heavy atom. The summed E-state index contributed by atoms with van der Waals surface area (Å²) < 4.78 is 3.07. The molecule has 0 atom stereocenters. The Labute approximate surface area is 132 Å². The van der Waals surface area contributed by atoms with Crippen LogP contribution >= 0.6 is 0 Å². The second-order valence-corrected chi connectivity index (χ2v) is 5.08. The molecule has 0 saturated heterocycles. The van der Waals surface area contributed by atoms with Crippen molar-refractivity contribution in [3.05, 3.63) is 53.2 Å². The summed E-state index contributed by atoms with van der Waals surface area (Å²) in [4.78, 5) is 28.3. The summed E-state index contributed by atoms with van der Waals surface area (Å²) in [5.74, 6) is -0.0838. The average Bonchev–Trinajstić information content (AvgIpc) is 3.00. The summed E-state index contributed by atoms with van der Waals surface area (Å²) >= 11 is 0. The minimum atomic E-state index is -0.193. The third-order valence-corrected chi connectivity index (χ3v) is 3.51. The van der Waals surface area contributed by atoms with Crippen LogP contribution in [0, 0.1) is 0 Å². The summed E-state index contributed by atoms with van der Waals surface area (Å²) in [6, 6.07) is 9.51. The molecular weight excluding hydrogens is 294 g/mol.